The number of benzene rings is 1. The molecule has 18 heavy (non-hydrogen) atoms. The highest BCUT2D eigenvalue weighted by atomic mass is 16.4. The third-order valence-electron chi connectivity index (χ3n) is 2.27. The lowest BCUT2D eigenvalue weighted by atomic mass is 10.1. The van der Waals surface area contributed by atoms with Crippen LogP contribution in [0.15, 0.2) is 41.0 Å². The smallest absolute Gasteiger partial charge is 0.337 e. The van der Waals surface area contributed by atoms with E-state index >= 15 is 0 Å². The highest BCUT2D eigenvalue weighted by Crippen LogP contribution is 2.20. The molecule has 0 saturated carbocycles. The van der Waals surface area contributed by atoms with Gasteiger partial charge in [-0.3, -0.25) is 4.79 Å². The van der Waals surface area contributed by atoms with Crippen molar-refractivity contribution in [3.05, 3.63) is 47.9 Å². The van der Waals surface area contributed by atoms with E-state index in [-0.39, 0.29) is 17.0 Å². The highest BCUT2D eigenvalue weighted by Gasteiger charge is 2.15. The number of rotatable bonds is 3. The number of hydrogen-bond donors (Lipinski definition) is 3. The monoisotopic (exact) mass is 246 g/mol. The average molecular weight is 246 g/mol. The molecule has 0 aliphatic heterocycles. The lowest BCUT2D eigenvalue weighted by Gasteiger charge is -2.08. The van der Waals surface area contributed by atoms with Gasteiger partial charge in [0.15, 0.2) is 5.76 Å². The second-order valence-electron chi connectivity index (χ2n) is 3.54. The maximum absolute atomic E-state index is 11.7. The molecule has 1 aromatic carbocycles. The second kappa shape index (κ2) is 4.62. The van der Waals surface area contributed by atoms with Gasteiger partial charge >= 0.3 is 5.97 Å². The minimum absolute atomic E-state index is 0.0379. The fourth-order valence-corrected chi connectivity index (χ4v) is 1.44. The Bertz CT molecular complexity index is 590. The molecule has 0 saturated heterocycles. The molecule has 6 heteroatoms. The molecule has 0 aliphatic carbocycles. The zero-order valence-electron chi connectivity index (χ0n) is 9.21. The first-order valence-electron chi connectivity index (χ1n) is 5.05. The van der Waals surface area contributed by atoms with Crippen molar-refractivity contribution in [1.29, 1.82) is 0 Å². The van der Waals surface area contributed by atoms with Gasteiger partial charge in [0.2, 0.25) is 0 Å². The largest absolute Gasteiger partial charge is 0.478 e. The Morgan fingerprint density at radius 1 is 1.28 bits per heavy atom. The summed E-state index contributed by atoms with van der Waals surface area (Å²) in [4.78, 5) is 22.7. The number of carboxylic acids is 1. The van der Waals surface area contributed by atoms with Crippen LogP contribution in [0.2, 0.25) is 0 Å². The molecule has 0 radical (unpaired) electrons. The summed E-state index contributed by atoms with van der Waals surface area (Å²) in [5.74, 6) is -1.59. The maximum atomic E-state index is 11.7. The van der Waals surface area contributed by atoms with E-state index in [0.717, 1.165) is 0 Å². The van der Waals surface area contributed by atoms with Gasteiger partial charge in [-0.25, -0.2) is 4.79 Å². The number of aromatic carboxylic acids is 1. The third kappa shape index (κ3) is 2.32. The molecule has 0 unspecified atom stereocenters. The maximum Gasteiger partial charge on any atom is 0.337 e. The Kier molecular flexibility index (Phi) is 3.01. The molecule has 0 spiro atoms. The van der Waals surface area contributed by atoms with Crippen molar-refractivity contribution >= 4 is 23.3 Å². The van der Waals surface area contributed by atoms with E-state index in [1.165, 1.54) is 30.5 Å². The SMILES string of the molecule is Nc1ccc(C(=O)O)c(NC(=O)c2ccco2)c1. The summed E-state index contributed by atoms with van der Waals surface area (Å²) < 4.78 is 4.91. The quantitative estimate of drug-likeness (QED) is 0.716. The van der Waals surface area contributed by atoms with Crippen molar-refractivity contribution in [2.75, 3.05) is 11.1 Å². The van der Waals surface area contributed by atoms with Crippen LogP contribution in [0.25, 0.3) is 0 Å². The molecule has 6 nitrogen and oxygen atoms in total. The Morgan fingerprint density at radius 2 is 2.06 bits per heavy atom. The van der Waals surface area contributed by atoms with Crippen molar-refractivity contribution in [3.8, 4) is 0 Å². The topological polar surface area (TPSA) is 106 Å². The minimum Gasteiger partial charge on any atom is -0.478 e. The van der Waals surface area contributed by atoms with Crippen molar-refractivity contribution in [1.82, 2.24) is 0 Å². The van der Waals surface area contributed by atoms with E-state index in [1.807, 2.05) is 0 Å². The van der Waals surface area contributed by atoms with Crippen LogP contribution < -0.4 is 11.1 Å². The molecule has 0 atom stereocenters. The number of amides is 1. The van der Waals surface area contributed by atoms with Gasteiger partial charge in [-0.2, -0.15) is 0 Å². The molecule has 4 N–H and O–H groups in total. The number of carbonyl (C=O) groups is 2. The molecule has 1 aromatic heterocycles. The van der Waals surface area contributed by atoms with Crippen molar-refractivity contribution in [2.45, 2.75) is 0 Å². The molecule has 0 aliphatic rings. The van der Waals surface area contributed by atoms with Crippen molar-refractivity contribution in [2.24, 2.45) is 0 Å². The molecular formula is C12H10N2O4. The van der Waals surface area contributed by atoms with E-state index in [4.69, 9.17) is 15.3 Å². The van der Waals surface area contributed by atoms with Crippen molar-refractivity contribution in [3.63, 3.8) is 0 Å². The summed E-state index contributed by atoms with van der Waals surface area (Å²) in [6, 6.07) is 7.19. The lowest BCUT2D eigenvalue weighted by Crippen LogP contribution is -2.14. The van der Waals surface area contributed by atoms with Crippen LogP contribution in [0.4, 0.5) is 11.4 Å². The number of nitrogen functional groups attached to an aromatic ring is 1. The summed E-state index contributed by atoms with van der Waals surface area (Å²) in [5, 5.41) is 11.4. The standard InChI is InChI=1S/C12H10N2O4/c13-7-3-4-8(12(16)17)9(6-7)14-11(15)10-2-1-5-18-10/h1-6H,13H2,(H,14,15)(H,16,17). The summed E-state index contributed by atoms with van der Waals surface area (Å²) in [7, 11) is 0. The van der Waals surface area contributed by atoms with E-state index in [2.05, 4.69) is 5.32 Å². The Labute approximate surface area is 102 Å². The van der Waals surface area contributed by atoms with Crippen LogP contribution in [0.1, 0.15) is 20.9 Å². The predicted molar refractivity (Wildman–Crippen MR) is 64.5 cm³/mol. The molecule has 2 rings (SSSR count). The van der Waals surface area contributed by atoms with Crippen LogP contribution >= 0.6 is 0 Å². The number of furan rings is 1. The number of carboxylic acid groups (broad SMARTS) is 1. The van der Waals surface area contributed by atoms with Crippen LogP contribution in [-0.4, -0.2) is 17.0 Å². The Hall–Kier alpha value is -2.76. The van der Waals surface area contributed by atoms with E-state index in [9.17, 15) is 9.59 Å². The van der Waals surface area contributed by atoms with Gasteiger partial charge < -0.3 is 20.6 Å². The van der Waals surface area contributed by atoms with Crippen LogP contribution in [-0.2, 0) is 0 Å². The van der Waals surface area contributed by atoms with E-state index in [1.54, 1.807) is 6.07 Å². The van der Waals surface area contributed by atoms with Gasteiger partial charge in [0.1, 0.15) is 0 Å². The first-order chi connectivity index (χ1) is 8.58. The van der Waals surface area contributed by atoms with Crippen molar-refractivity contribution < 1.29 is 19.1 Å². The van der Waals surface area contributed by atoms with Crippen LogP contribution in [0.3, 0.4) is 0 Å². The van der Waals surface area contributed by atoms with Gasteiger partial charge in [-0.05, 0) is 30.3 Å². The summed E-state index contributed by atoms with van der Waals surface area (Å²) in [5.41, 5.74) is 6.00. The second-order valence-corrected chi connectivity index (χ2v) is 3.54. The Morgan fingerprint density at radius 3 is 2.67 bits per heavy atom. The van der Waals surface area contributed by atoms with Crippen LogP contribution in [0, 0.1) is 0 Å². The molecular weight excluding hydrogens is 236 g/mol. The minimum atomic E-state index is -1.15. The summed E-state index contributed by atoms with van der Waals surface area (Å²) in [6.45, 7) is 0. The third-order valence-corrected chi connectivity index (χ3v) is 2.27. The number of anilines is 2. The number of hydrogen-bond acceptors (Lipinski definition) is 4. The van der Waals surface area contributed by atoms with Gasteiger partial charge in [0, 0.05) is 5.69 Å². The highest BCUT2D eigenvalue weighted by molar-refractivity contribution is 6.06. The molecule has 0 fully saturated rings. The van der Waals surface area contributed by atoms with Gasteiger partial charge in [0.05, 0.1) is 17.5 Å². The first-order valence-corrected chi connectivity index (χ1v) is 5.05. The fourth-order valence-electron chi connectivity index (χ4n) is 1.44. The summed E-state index contributed by atoms with van der Waals surface area (Å²) >= 11 is 0. The molecule has 0 bridgehead atoms. The zero-order valence-corrected chi connectivity index (χ0v) is 9.21. The molecule has 1 heterocycles. The number of nitrogens with two attached hydrogens (primary N) is 1. The van der Waals surface area contributed by atoms with Crippen LogP contribution in [0.5, 0.6) is 0 Å². The van der Waals surface area contributed by atoms with E-state index in [0.29, 0.717) is 5.69 Å². The van der Waals surface area contributed by atoms with Gasteiger partial charge in [-0.1, -0.05) is 0 Å². The average Bonchev–Trinajstić information content (AvgIpc) is 2.81. The predicted octanol–water partition coefficient (Wildman–Crippen LogP) is 1.81. The van der Waals surface area contributed by atoms with Gasteiger partial charge in [-0.15, -0.1) is 0 Å². The molecule has 92 valence electrons. The van der Waals surface area contributed by atoms with Gasteiger partial charge in [0.25, 0.3) is 5.91 Å². The lowest BCUT2D eigenvalue weighted by molar-refractivity contribution is 0.0698. The first kappa shape index (κ1) is 11.7. The summed E-state index contributed by atoms with van der Waals surface area (Å²) in [6.07, 6.45) is 1.35. The van der Waals surface area contributed by atoms with E-state index < -0.39 is 11.9 Å². The fraction of sp³-hybridized carbons (Fsp3) is 0. The normalized spacial score (nSPS) is 10.0. The number of carbonyl (C=O) groups excluding carboxylic acids is 1. The molecule has 1 amide bonds. The number of nitrogens with one attached hydrogen (secondary N) is 1. The zero-order chi connectivity index (χ0) is 13.1. The molecule has 2 aromatic rings. The Balaban J connectivity index is 2.31.